The van der Waals surface area contributed by atoms with Crippen molar-refractivity contribution in [3.8, 4) is 0 Å². The first-order valence-corrected chi connectivity index (χ1v) is 4.84. The van der Waals surface area contributed by atoms with Gasteiger partial charge in [0.05, 0.1) is 5.97 Å². The van der Waals surface area contributed by atoms with Gasteiger partial charge in [0.1, 0.15) is 0 Å². The minimum Gasteiger partial charge on any atom is -0.731 e. The summed E-state index contributed by atoms with van der Waals surface area (Å²) in [6, 6.07) is 4.75. The fourth-order valence-corrected chi connectivity index (χ4v) is 1.27. The summed E-state index contributed by atoms with van der Waals surface area (Å²) in [6.45, 7) is 0. The zero-order valence-corrected chi connectivity index (χ0v) is 13.6. The summed E-state index contributed by atoms with van der Waals surface area (Å²) in [4.78, 5) is 10.4. The van der Waals surface area contributed by atoms with Crippen molar-refractivity contribution in [2.75, 3.05) is 4.72 Å². The molecule has 6 nitrogen and oxygen atoms in total. The first-order chi connectivity index (χ1) is 6.38. The van der Waals surface area contributed by atoms with Crippen LogP contribution in [0, 0.1) is 0 Å². The Hall–Kier alpha value is 0.400. The molecule has 0 atom stereocenters. The Kier molecular flexibility index (Phi) is 9.00. The molecule has 0 aliphatic carbocycles. The molecule has 0 radical (unpaired) electrons. The molecule has 0 saturated carbocycles. The fourth-order valence-electron chi connectivity index (χ4n) is 0.854. The standard InChI is InChI=1S/C7H7NO5S.2Na/c9-7(10)5-2-1-3-6(4-5)8-14(11,12)13;;/h1-4,8H,(H,9,10)(H,11,12,13);;/q;2*+1/p-2. The Morgan fingerprint density at radius 1 is 1.25 bits per heavy atom. The molecule has 1 aromatic rings. The van der Waals surface area contributed by atoms with Crippen LogP contribution in [0.4, 0.5) is 5.69 Å². The van der Waals surface area contributed by atoms with E-state index in [1.54, 1.807) is 4.72 Å². The second-order valence-corrected chi connectivity index (χ2v) is 3.54. The summed E-state index contributed by atoms with van der Waals surface area (Å²) < 4.78 is 32.4. The molecule has 0 aliphatic heterocycles. The number of aromatic carboxylic acids is 1. The molecule has 1 aromatic carbocycles. The van der Waals surface area contributed by atoms with Gasteiger partial charge in [0, 0.05) is 5.69 Å². The third kappa shape index (κ3) is 6.87. The molecule has 1 N–H and O–H groups in total. The van der Waals surface area contributed by atoms with Gasteiger partial charge in [0.2, 0.25) is 0 Å². The summed E-state index contributed by atoms with van der Waals surface area (Å²) in [5.74, 6) is -1.45. The summed E-state index contributed by atoms with van der Waals surface area (Å²) in [7, 11) is -4.63. The first kappa shape index (κ1) is 18.8. The summed E-state index contributed by atoms with van der Waals surface area (Å²) >= 11 is 0. The van der Waals surface area contributed by atoms with Gasteiger partial charge in [0.25, 0.3) is 0 Å². The molecule has 0 bridgehead atoms. The number of benzene rings is 1. The zero-order valence-electron chi connectivity index (χ0n) is 8.76. The third-order valence-electron chi connectivity index (χ3n) is 1.34. The Morgan fingerprint density at radius 3 is 2.25 bits per heavy atom. The summed E-state index contributed by atoms with van der Waals surface area (Å²) in [5, 5.41) is 10.4. The van der Waals surface area contributed by atoms with Crippen molar-refractivity contribution in [1.29, 1.82) is 0 Å². The van der Waals surface area contributed by atoms with Crippen LogP contribution in [-0.4, -0.2) is 18.9 Å². The van der Waals surface area contributed by atoms with Gasteiger partial charge in [-0.2, -0.15) is 0 Å². The van der Waals surface area contributed by atoms with Crippen molar-refractivity contribution >= 4 is 22.0 Å². The van der Waals surface area contributed by atoms with E-state index in [1.807, 2.05) is 0 Å². The monoisotopic (exact) mass is 261 g/mol. The van der Waals surface area contributed by atoms with E-state index in [4.69, 9.17) is 0 Å². The van der Waals surface area contributed by atoms with Crippen molar-refractivity contribution in [3.05, 3.63) is 29.8 Å². The number of hydrogen-bond donors (Lipinski definition) is 1. The van der Waals surface area contributed by atoms with Gasteiger partial charge in [0.15, 0.2) is 10.3 Å². The molecule has 0 fully saturated rings. The van der Waals surface area contributed by atoms with E-state index >= 15 is 0 Å². The van der Waals surface area contributed by atoms with E-state index in [1.165, 1.54) is 18.2 Å². The van der Waals surface area contributed by atoms with E-state index in [-0.39, 0.29) is 70.4 Å². The smallest absolute Gasteiger partial charge is 0.731 e. The van der Waals surface area contributed by atoms with Crippen LogP contribution in [0.3, 0.4) is 0 Å². The number of anilines is 1. The van der Waals surface area contributed by atoms with Crippen LogP contribution in [0.25, 0.3) is 0 Å². The molecule has 0 unspecified atom stereocenters. The molecule has 16 heavy (non-hydrogen) atoms. The number of nitrogens with one attached hydrogen (secondary N) is 1. The quantitative estimate of drug-likeness (QED) is 0.429. The second-order valence-electron chi connectivity index (χ2n) is 2.42. The maximum atomic E-state index is 10.4. The molecule has 0 amide bonds. The average molecular weight is 261 g/mol. The fraction of sp³-hybridized carbons (Fsp3) is 0. The summed E-state index contributed by atoms with van der Waals surface area (Å²) in [5.41, 5.74) is -0.319. The van der Waals surface area contributed by atoms with Crippen LogP contribution < -0.4 is 68.9 Å². The molecule has 0 aliphatic rings. The van der Waals surface area contributed by atoms with E-state index in [9.17, 15) is 22.9 Å². The van der Waals surface area contributed by atoms with E-state index in [0.717, 1.165) is 6.07 Å². The van der Waals surface area contributed by atoms with Gasteiger partial charge in [-0.3, -0.25) is 4.72 Å². The molecular weight excluding hydrogens is 256 g/mol. The van der Waals surface area contributed by atoms with Gasteiger partial charge in [-0.1, -0.05) is 12.1 Å². The van der Waals surface area contributed by atoms with Crippen LogP contribution in [-0.2, 0) is 10.3 Å². The van der Waals surface area contributed by atoms with Crippen LogP contribution in [0.15, 0.2) is 24.3 Å². The van der Waals surface area contributed by atoms with Gasteiger partial charge < -0.3 is 14.5 Å². The number of carboxylic acids is 1. The second kappa shape index (κ2) is 7.67. The predicted molar refractivity (Wildman–Crippen MR) is 44.1 cm³/mol. The SMILES string of the molecule is O=C([O-])c1cccc(NS(=O)(=O)[O-])c1.[Na+].[Na+]. The van der Waals surface area contributed by atoms with Gasteiger partial charge >= 0.3 is 59.1 Å². The van der Waals surface area contributed by atoms with Gasteiger partial charge in [-0.25, -0.2) is 8.42 Å². The van der Waals surface area contributed by atoms with Crippen LogP contribution >= 0.6 is 0 Å². The third-order valence-corrected chi connectivity index (χ3v) is 1.83. The van der Waals surface area contributed by atoms with E-state index < -0.39 is 16.3 Å². The van der Waals surface area contributed by atoms with Crippen molar-refractivity contribution in [1.82, 2.24) is 0 Å². The van der Waals surface area contributed by atoms with Crippen molar-refractivity contribution in [3.63, 3.8) is 0 Å². The molecule has 9 heteroatoms. The van der Waals surface area contributed by atoms with Gasteiger partial charge in [-0.15, -0.1) is 0 Å². The maximum absolute atomic E-state index is 10.4. The van der Waals surface area contributed by atoms with Crippen LogP contribution in [0.5, 0.6) is 0 Å². The first-order valence-electron chi connectivity index (χ1n) is 3.43. The number of hydrogen-bond acceptors (Lipinski definition) is 5. The molecule has 0 saturated heterocycles. The minimum absolute atomic E-state index is 0. The molecule has 0 aromatic heterocycles. The number of carboxylic acid groups (broad SMARTS) is 1. The molecule has 0 heterocycles. The van der Waals surface area contributed by atoms with Crippen LogP contribution in [0.2, 0.25) is 0 Å². The Bertz CT molecular complexity index is 462. The molecular formula is C7H5NNa2O5S. The maximum Gasteiger partial charge on any atom is 1.00 e. The largest absolute Gasteiger partial charge is 1.00 e. The van der Waals surface area contributed by atoms with Gasteiger partial charge in [-0.05, 0) is 17.7 Å². The van der Waals surface area contributed by atoms with E-state index in [2.05, 4.69) is 0 Å². The molecule has 0 spiro atoms. The number of carbonyl (C=O) groups is 1. The van der Waals surface area contributed by atoms with Crippen molar-refractivity contribution in [2.24, 2.45) is 0 Å². The van der Waals surface area contributed by atoms with E-state index in [0.29, 0.717) is 0 Å². The predicted octanol–water partition coefficient (Wildman–Crippen LogP) is -7.07. The Morgan fingerprint density at radius 2 is 1.81 bits per heavy atom. The minimum atomic E-state index is -4.63. The van der Waals surface area contributed by atoms with Crippen LogP contribution in [0.1, 0.15) is 10.4 Å². The number of carbonyl (C=O) groups excluding carboxylic acids is 1. The Labute approximate surface area is 137 Å². The normalized spacial score (nSPS) is 9.56. The summed E-state index contributed by atoms with van der Waals surface area (Å²) in [6.07, 6.45) is 0. The molecule has 76 valence electrons. The molecule has 1 rings (SSSR count). The Balaban J connectivity index is 0. The van der Waals surface area contributed by atoms with Crippen molar-refractivity contribution < 1.29 is 82.0 Å². The average Bonchev–Trinajstić information content (AvgIpc) is 2.01. The zero-order chi connectivity index (χ0) is 10.8. The van der Waals surface area contributed by atoms with Crippen molar-refractivity contribution in [2.45, 2.75) is 0 Å². The number of rotatable bonds is 3. The topological polar surface area (TPSA) is 109 Å².